The van der Waals surface area contributed by atoms with Crippen LogP contribution in [0, 0.1) is 5.92 Å². The zero-order valence-electron chi connectivity index (χ0n) is 11.9. The molecule has 5 nitrogen and oxygen atoms in total. The van der Waals surface area contributed by atoms with Gasteiger partial charge >= 0.3 is 0 Å². The molecule has 1 rings (SSSR count). The summed E-state index contributed by atoms with van der Waals surface area (Å²) in [5.41, 5.74) is 0. The van der Waals surface area contributed by atoms with Gasteiger partial charge in [-0.2, -0.15) is 0 Å². The number of anilines is 2. The zero-order valence-corrected chi connectivity index (χ0v) is 11.9. The van der Waals surface area contributed by atoms with E-state index in [1.807, 2.05) is 13.1 Å². The van der Waals surface area contributed by atoms with E-state index in [-0.39, 0.29) is 0 Å². The van der Waals surface area contributed by atoms with Gasteiger partial charge in [0, 0.05) is 26.2 Å². The van der Waals surface area contributed by atoms with Gasteiger partial charge < -0.3 is 15.5 Å². The summed E-state index contributed by atoms with van der Waals surface area (Å²) in [6, 6.07) is 2.00. The number of rotatable bonds is 8. The fourth-order valence-corrected chi connectivity index (χ4v) is 1.57. The monoisotopic (exact) mass is 251 g/mol. The van der Waals surface area contributed by atoms with Crippen molar-refractivity contribution in [3.63, 3.8) is 0 Å². The number of hydrogen-bond donors (Lipinski definition) is 2. The molecule has 0 amide bonds. The summed E-state index contributed by atoms with van der Waals surface area (Å²) in [6.07, 6.45) is 2.72. The molecule has 0 saturated carbocycles. The number of nitrogens with zero attached hydrogens (tertiary/aromatic N) is 3. The summed E-state index contributed by atoms with van der Waals surface area (Å²) in [7, 11) is 4.03. The highest BCUT2D eigenvalue weighted by Gasteiger charge is 2.04. The van der Waals surface area contributed by atoms with Crippen LogP contribution < -0.4 is 15.5 Å². The second-order valence-corrected chi connectivity index (χ2v) is 4.91. The summed E-state index contributed by atoms with van der Waals surface area (Å²) in [5.74, 6) is 2.47. The third-order valence-corrected chi connectivity index (χ3v) is 2.66. The van der Waals surface area contributed by atoms with E-state index in [2.05, 4.69) is 46.4 Å². The van der Waals surface area contributed by atoms with E-state index in [4.69, 9.17) is 0 Å². The third-order valence-electron chi connectivity index (χ3n) is 2.66. The molecular weight excluding hydrogens is 226 g/mol. The van der Waals surface area contributed by atoms with Crippen molar-refractivity contribution >= 4 is 11.6 Å². The van der Waals surface area contributed by atoms with Gasteiger partial charge in [-0.1, -0.05) is 13.8 Å². The molecule has 0 aliphatic rings. The van der Waals surface area contributed by atoms with E-state index >= 15 is 0 Å². The Kier molecular flexibility index (Phi) is 6.43. The summed E-state index contributed by atoms with van der Waals surface area (Å²) >= 11 is 0. The van der Waals surface area contributed by atoms with Gasteiger partial charge in [0.1, 0.15) is 18.0 Å². The van der Waals surface area contributed by atoms with E-state index < -0.39 is 0 Å². The Balaban J connectivity index is 2.52. The van der Waals surface area contributed by atoms with Gasteiger partial charge in [0.25, 0.3) is 0 Å². The number of hydrogen-bond acceptors (Lipinski definition) is 5. The molecule has 0 radical (unpaired) electrons. The molecule has 1 aromatic heterocycles. The SMILES string of the molecule is CNCCCN(C)c1cc(NCC(C)C)ncn1. The lowest BCUT2D eigenvalue weighted by Crippen LogP contribution is -2.23. The van der Waals surface area contributed by atoms with E-state index in [0.717, 1.165) is 37.7 Å². The van der Waals surface area contributed by atoms with Crippen molar-refractivity contribution < 1.29 is 0 Å². The molecule has 0 atom stereocenters. The molecule has 102 valence electrons. The highest BCUT2D eigenvalue weighted by Crippen LogP contribution is 2.13. The van der Waals surface area contributed by atoms with Gasteiger partial charge in [-0.3, -0.25) is 0 Å². The molecule has 0 fully saturated rings. The first-order valence-electron chi connectivity index (χ1n) is 6.55. The third kappa shape index (κ3) is 5.31. The molecular formula is C13H25N5. The average Bonchev–Trinajstić information content (AvgIpc) is 2.37. The minimum absolute atomic E-state index is 0.608. The van der Waals surface area contributed by atoms with Crippen molar-refractivity contribution in [1.29, 1.82) is 0 Å². The van der Waals surface area contributed by atoms with E-state index in [1.165, 1.54) is 0 Å². The molecule has 0 aliphatic carbocycles. The lowest BCUT2D eigenvalue weighted by atomic mass is 10.2. The first kappa shape index (κ1) is 14.7. The lowest BCUT2D eigenvalue weighted by molar-refractivity contribution is 0.686. The topological polar surface area (TPSA) is 53.1 Å². The van der Waals surface area contributed by atoms with Crippen LogP contribution in [0.4, 0.5) is 11.6 Å². The minimum Gasteiger partial charge on any atom is -0.370 e. The molecule has 1 aromatic rings. The smallest absolute Gasteiger partial charge is 0.133 e. The van der Waals surface area contributed by atoms with Crippen LogP contribution in [-0.2, 0) is 0 Å². The van der Waals surface area contributed by atoms with Crippen LogP contribution in [0.5, 0.6) is 0 Å². The van der Waals surface area contributed by atoms with Gasteiger partial charge in [-0.25, -0.2) is 9.97 Å². The fraction of sp³-hybridized carbons (Fsp3) is 0.692. The van der Waals surface area contributed by atoms with Crippen LogP contribution in [0.25, 0.3) is 0 Å². The molecule has 0 unspecified atom stereocenters. The second kappa shape index (κ2) is 7.87. The molecule has 5 heteroatoms. The molecule has 1 heterocycles. The van der Waals surface area contributed by atoms with E-state index in [1.54, 1.807) is 6.33 Å². The van der Waals surface area contributed by atoms with Crippen molar-refractivity contribution in [2.45, 2.75) is 20.3 Å². The van der Waals surface area contributed by atoms with Gasteiger partial charge in [-0.15, -0.1) is 0 Å². The largest absolute Gasteiger partial charge is 0.370 e. The maximum Gasteiger partial charge on any atom is 0.133 e. The first-order valence-corrected chi connectivity index (χ1v) is 6.55. The summed E-state index contributed by atoms with van der Waals surface area (Å²) in [5, 5.41) is 6.46. The molecule has 0 saturated heterocycles. The predicted molar refractivity (Wildman–Crippen MR) is 77.2 cm³/mol. The summed E-state index contributed by atoms with van der Waals surface area (Å²) < 4.78 is 0. The summed E-state index contributed by atoms with van der Waals surface area (Å²) in [6.45, 7) is 7.30. The Morgan fingerprint density at radius 2 is 2.11 bits per heavy atom. The minimum atomic E-state index is 0.608. The molecule has 18 heavy (non-hydrogen) atoms. The Morgan fingerprint density at radius 3 is 2.78 bits per heavy atom. The fourth-order valence-electron chi connectivity index (χ4n) is 1.57. The normalized spacial score (nSPS) is 10.7. The maximum atomic E-state index is 4.30. The molecule has 0 aliphatic heterocycles. The van der Waals surface area contributed by atoms with Crippen LogP contribution in [0.15, 0.2) is 12.4 Å². The first-order chi connectivity index (χ1) is 8.63. The zero-order chi connectivity index (χ0) is 13.4. The molecule has 0 bridgehead atoms. The summed E-state index contributed by atoms with van der Waals surface area (Å²) in [4.78, 5) is 10.7. The highest BCUT2D eigenvalue weighted by atomic mass is 15.2. The highest BCUT2D eigenvalue weighted by molar-refractivity contribution is 5.47. The average molecular weight is 251 g/mol. The van der Waals surface area contributed by atoms with Crippen LogP contribution in [0.2, 0.25) is 0 Å². The lowest BCUT2D eigenvalue weighted by Gasteiger charge is -2.18. The molecule has 2 N–H and O–H groups in total. The molecule has 0 aromatic carbocycles. The van der Waals surface area contributed by atoms with Gasteiger partial charge in [0.15, 0.2) is 0 Å². The standard InChI is InChI=1S/C13H25N5/c1-11(2)9-15-12-8-13(17-10-16-12)18(4)7-5-6-14-3/h8,10-11,14H,5-7,9H2,1-4H3,(H,15,16,17). The molecule has 0 spiro atoms. The van der Waals surface area contributed by atoms with Crippen LogP contribution in [-0.4, -0.2) is 43.7 Å². The number of nitrogens with one attached hydrogen (secondary N) is 2. The number of aromatic nitrogens is 2. The van der Waals surface area contributed by atoms with E-state index in [0.29, 0.717) is 5.92 Å². The van der Waals surface area contributed by atoms with Crippen LogP contribution in [0.3, 0.4) is 0 Å². The van der Waals surface area contributed by atoms with Crippen molar-refractivity contribution in [2.24, 2.45) is 5.92 Å². The van der Waals surface area contributed by atoms with Gasteiger partial charge in [-0.05, 0) is 25.9 Å². The Morgan fingerprint density at radius 1 is 1.33 bits per heavy atom. The van der Waals surface area contributed by atoms with Crippen molar-refractivity contribution in [3.8, 4) is 0 Å². The van der Waals surface area contributed by atoms with Crippen molar-refractivity contribution in [1.82, 2.24) is 15.3 Å². The van der Waals surface area contributed by atoms with Crippen molar-refractivity contribution in [2.75, 3.05) is 43.9 Å². The Bertz CT molecular complexity index is 340. The van der Waals surface area contributed by atoms with E-state index in [9.17, 15) is 0 Å². The van der Waals surface area contributed by atoms with Gasteiger partial charge in [0.2, 0.25) is 0 Å². The quantitative estimate of drug-likeness (QED) is 0.687. The predicted octanol–water partition coefficient (Wildman–Crippen LogP) is 1.59. The van der Waals surface area contributed by atoms with Crippen molar-refractivity contribution in [3.05, 3.63) is 12.4 Å². The second-order valence-electron chi connectivity index (χ2n) is 4.91. The Labute approximate surface area is 110 Å². The van der Waals surface area contributed by atoms with Gasteiger partial charge in [0.05, 0.1) is 0 Å². The van der Waals surface area contributed by atoms with Crippen LogP contribution in [0.1, 0.15) is 20.3 Å². The Hall–Kier alpha value is -1.36. The maximum absolute atomic E-state index is 4.30. The van der Waals surface area contributed by atoms with Crippen LogP contribution >= 0.6 is 0 Å².